The second kappa shape index (κ2) is 3.89. The van der Waals surface area contributed by atoms with Gasteiger partial charge in [0.2, 0.25) is 0 Å². The van der Waals surface area contributed by atoms with Crippen LogP contribution < -0.4 is 5.32 Å². The minimum absolute atomic E-state index is 0.376. The Labute approximate surface area is 77.2 Å². The lowest BCUT2D eigenvalue weighted by molar-refractivity contribution is 0.0748. The monoisotopic (exact) mass is 182 g/mol. The van der Waals surface area contributed by atoms with Crippen molar-refractivity contribution in [3.63, 3.8) is 0 Å². The van der Waals surface area contributed by atoms with Crippen LogP contribution in [0.25, 0.3) is 0 Å². The first-order chi connectivity index (χ1) is 6.34. The van der Waals surface area contributed by atoms with Crippen LogP contribution in [0.1, 0.15) is 11.5 Å². The average molecular weight is 182 g/mol. The molecule has 4 heteroatoms. The first kappa shape index (κ1) is 8.72. The molecule has 1 fully saturated rings. The summed E-state index contributed by atoms with van der Waals surface area (Å²) in [7, 11) is 0. The summed E-state index contributed by atoms with van der Waals surface area (Å²) in [5.41, 5.74) is 0.937. The Kier molecular flexibility index (Phi) is 2.61. The predicted molar refractivity (Wildman–Crippen MR) is 47.6 cm³/mol. The molecule has 0 amide bonds. The minimum atomic E-state index is 0.376. The summed E-state index contributed by atoms with van der Waals surface area (Å²) in [5.74, 6) is 0.931. The zero-order valence-corrected chi connectivity index (χ0v) is 7.75. The van der Waals surface area contributed by atoms with E-state index < -0.39 is 0 Å². The van der Waals surface area contributed by atoms with Crippen molar-refractivity contribution in [2.24, 2.45) is 0 Å². The molecule has 2 heterocycles. The molecule has 13 heavy (non-hydrogen) atoms. The van der Waals surface area contributed by atoms with Crippen molar-refractivity contribution in [2.45, 2.75) is 19.4 Å². The molecule has 0 spiro atoms. The van der Waals surface area contributed by atoms with E-state index in [4.69, 9.17) is 9.26 Å². The fraction of sp³-hybridized carbons (Fsp3) is 0.667. The maximum Gasteiger partial charge on any atom is 0.138 e. The van der Waals surface area contributed by atoms with Gasteiger partial charge in [0.1, 0.15) is 5.76 Å². The Hall–Kier alpha value is -0.870. The topological polar surface area (TPSA) is 47.3 Å². The van der Waals surface area contributed by atoms with Crippen molar-refractivity contribution in [1.29, 1.82) is 0 Å². The van der Waals surface area contributed by atoms with Crippen LogP contribution in [0.3, 0.4) is 0 Å². The van der Waals surface area contributed by atoms with Gasteiger partial charge < -0.3 is 14.6 Å². The van der Waals surface area contributed by atoms with Gasteiger partial charge in [-0.3, -0.25) is 0 Å². The summed E-state index contributed by atoms with van der Waals surface area (Å²) in [4.78, 5) is 0. The highest BCUT2D eigenvalue weighted by Gasteiger charge is 2.15. The molecule has 0 aliphatic carbocycles. The van der Waals surface area contributed by atoms with Crippen molar-refractivity contribution in [3.8, 4) is 0 Å². The van der Waals surface area contributed by atoms with Crippen molar-refractivity contribution >= 4 is 0 Å². The molecule has 1 atom stereocenters. The van der Waals surface area contributed by atoms with Crippen molar-refractivity contribution in [1.82, 2.24) is 10.5 Å². The summed E-state index contributed by atoms with van der Waals surface area (Å²) >= 11 is 0. The minimum Gasteiger partial charge on any atom is -0.378 e. The van der Waals surface area contributed by atoms with Crippen LogP contribution in [0, 0.1) is 6.92 Å². The molecule has 1 aromatic heterocycles. The molecular weight excluding hydrogens is 168 g/mol. The van der Waals surface area contributed by atoms with Crippen molar-refractivity contribution in [2.75, 3.05) is 19.8 Å². The first-order valence-corrected chi connectivity index (χ1v) is 4.58. The van der Waals surface area contributed by atoms with Crippen LogP contribution in [0.2, 0.25) is 0 Å². The molecule has 1 aliphatic rings. The standard InChI is InChI=1S/C9H14N2O2/c1-7-4-9(13-11-7)5-8-6-12-3-2-10-8/h4,8,10H,2-3,5-6H2,1H3. The molecule has 0 bridgehead atoms. The van der Waals surface area contributed by atoms with Crippen LogP contribution in [0.4, 0.5) is 0 Å². The largest absolute Gasteiger partial charge is 0.378 e. The third-order valence-corrected chi connectivity index (χ3v) is 2.12. The van der Waals surface area contributed by atoms with Gasteiger partial charge in [0, 0.05) is 25.1 Å². The molecule has 1 unspecified atom stereocenters. The van der Waals surface area contributed by atoms with Gasteiger partial charge in [0.05, 0.1) is 18.9 Å². The number of nitrogens with one attached hydrogen (secondary N) is 1. The number of nitrogens with zero attached hydrogens (tertiary/aromatic N) is 1. The maximum atomic E-state index is 5.34. The summed E-state index contributed by atoms with van der Waals surface area (Å²) in [6.45, 7) is 4.43. The van der Waals surface area contributed by atoms with Gasteiger partial charge in [-0.15, -0.1) is 0 Å². The molecule has 1 aromatic rings. The van der Waals surface area contributed by atoms with Gasteiger partial charge in [0.25, 0.3) is 0 Å². The number of morpholine rings is 1. The van der Waals surface area contributed by atoms with Gasteiger partial charge >= 0.3 is 0 Å². The molecule has 1 N–H and O–H groups in total. The van der Waals surface area contributed by atoms with Gasteiger partial charge in [-0.2, -0.15) is 0 Å². The summed E-state index contributed by atoms with van der Waals surface area (Å²) in [6, 6.07) is 2.34. The number of hydrogen-bond acceptors (Lipinski definition) is 4. The highest BCUT2D eigenvalue weighted by molar-refractivity contribution is 5.04. The predicted octanol–water partition coefficient (Wildman–Crippen LogP) is 0.514. The van der Waals surface area contributed by atoms with E-state index in [1.807, 2.05) is 13.0 Å². The lowest BCUT2D eigenvalue weighted by atomic mass is 10.1. The highest BCUT2D eigenvalue weighted by Crippen LogP contribution is 2.07. The van der Waals surface area contributed by atoms with Gasteiger partial charge in [-0.25, -0.2) is 0 Å². The Bertz CT molecular complexity index is 266. The molecule has 1 saturated heterocycles. The van der Waals surface area contributed by atoms with Crippen LogP contribution in [0.15, 0.2) is 10.6 Å². The van der Waals surface area contributed by atoms with Gasteiger partial charge in [-0.1, -0.05) is 5.16 Å². The van der Waals surface area contributed by atoms with Crippen LogP contribution >= 0.6 is 0 Å². The second-order valence-electron chi connectivity index (χ2n) is 3.36. The molecule has 2 rings (SSSR count). The zero-order valence-electron chi connectivity index (χ0n) is 7.75. The number of rotatable bonds is 2. The number of hydrogen-bond donors (Lipinski definition) is 1. The SMILES string of the molecule is Cc1cc(CC2COCCN2)on1. The fourth-order valence-corrected chi connectivity index (χ4v) is 1.51. The number of aryl methyl sites for hydroxylation is 1. The van der Waals surface area contributed by atoms with E-state index in [2.05, 4.69) is 10.5 Å². The number of aromatic nitrogens is 1. The third kappa shape index (κ3) is 2.29. The smallest absolute Gasteiger partial charge is 0.138 e. The van der Waals surface area contributed by atoms with Crippen LogP contribution in [-0.4, -0.2) is 31.0 Å². The number of ether oxygens (including phenoxy) is 1. The Balaban J connectivity index is 1.89. The summed E-state index contributed by atoms with van der Waals surface area (Å²) in [6.07, 6.45) is 0.862. The third-order valence-electron chi connectivity index (χ3n) is 2.12. The molecule has 1 aliphatic heterocycles. The second-order valence-corrected chi connectivity index (χ2v) is 3.36. The summed E-state index contributed by atoms with van der Waals surface area (Å²) < 4.78 is 10.5. The molecule has 0 saturated carbocycles. The average Bonchev–Trinajstić information content (AvgIpc) is 2.53. The van der Waals surface area contributed by atoms with E-state index in [9.17, 15) is 0 Å². The zero-order chi connectivity index (χ0) is 9.10. The lowest BCUT2D eigenvalue weighted by Gasteiger charge is -2.22. The van der Waals surface area contributed by atoms with E-state index in [0.717, 1.165) is 37.6 Å². The lowest BCUT2D eigenvalue weighted by Crippen LogP contribution is -2.42. The Morgan fingerprint density at radius 1 is 1.69 bits per heavy atom. The van der Waals surface area contributed by atoms with E-state index in [1.54, 1.807) is 0 Å². The van der Waals surface area contributed by atoms with Crippen molar-refractivity contribution < 1.29 is 9.26 Å². The molecule has 4 nitrogen and oxygen atoms in total. The van der Waals surface area contributed by atoms with E-state index in [1.165, 1.54) is 0 Å². The van der Waals surface area contributed by atoms with E-state index in [0.29, 0.717) is 6.04 Å². The molecule has 72 valence electrons. The fourth-order valence-electron chi connectivity index (χ4n) is 1.51. The summed E-state index contributed by atoms with van der Waals surface area (Å²) in [5, 5.41) is 7.20. The normalized spacial score (nSPS) is 23.3. The first-order valence-electron chi connectivity index (χ1n) is 4.58. The van der Waals surface area contributed by atoms with Crippen LogP contribution in [-0.2, 0) is 11.2 Å². The van der Waals surface area contributed by atoms with E-state index >= 15 is 0 Å². The highest BCUT2D eigenvalue weighted by atomic mass is 16.5. The maximum absolute atomic E-state index is 5.34. The quantitative estimate of drug-likeness (QED) is 0.724. The molecule has 0 aromatic carbocycles. The molecule has 0 radical (unpaired) electrons. The van der Waals surface area contributed by atoms with E-state index in [-0.39, 0.29) is 0 Å². The Morgan fingerprint density at radius 3 is 3.23 bits per heavy atom. The van der Waals surface area contributed by atoms with Gasteiger partial charge in [-0.05, 0) is 6.92 Å². The Morgan fingerprint density at radius 2 is 2.62 bits per heavy atom. The van der Waals surface area contributed by atoms with Gasteiger partial charge in [0.15, 0.2) is 0 Å². The molecular formula is C9H14N2O2. The van der Waals surface area contributed by atoms with Crippen molar-refractivity contribution in [3.05, 3.63) is 17.5 Å². The van der Waals surface area contributed by atoms with Crippen LogP contribution in [0.5, 0.6) is 0 Å².